The highest BCUT2D eigenvalue weighted by molar-refractivity contribution is 5.99. The first-order chi connectivity index (χ1) is 15.3. The zero-order chi connectivity index (χ0) is 22.8. The fourth-order valence-electron chi connectivity index (χ4n) is 4.38. The van der Waals surface area contributed by atoms with Crippen LogP contribution in [-0.4, -0.2) is 28.1 Å². The molecule has 0 atom stereocenters. The fraction of sp³-hybridized carbons (Fsp3) is 0.320. The van der Waals surface area contributed by atoms with E-state index >= 15 is 0 Å². The number of benzene rings is 2. The summed E-state index contributed by atoms with van der Waals surface area (Å²) >= 11 is 0. The zero-order valence-electron chi connectivity index (χ0n) is 18.6. The van der Waals surface area contributed by atoms with Gasteiger partial charge in [0.1, 0.15) is 5.82 Å². The van der Waals surface area contributed by atoms with Crippen molar-refractivity contribution in [2.75, 3.05) is 11.9 Å². The van der Waals surface area contributed by atoms with Gasteiger partial charge in [-0.25, -0.2) is 9.07 Å². The van der Waals surface area contributed by atoms with Crippen molar-refractivity contribution in [3.8, 4) is 5.69 Å². The van der Waals surface area contributed by atoms with Crippen LogP contribution in [0.3, 0.4) is 0 Å². The molecule has 3 aromatic rings. The highest BCUT2D eigenvalue weighted by Gasteiger charge is 2.26. The van der Waals surface area contributed by atoms with E-state index in [4.69, 9.17) is 0 Å². The van der Waals surface area contributed by atoms with E-state index in [-0.39, 0.29) is 24.2 Å². The lowest BCUT2D eigenvalue weighted by Gasteiger charge is -2.14. The van der Waals surface area contributed by atoms with Crippen molar-refractivity contribution in [3.05, 3.63) is 75.9 Å². The van der Waals surface area contributed by atoms with Crippen LogP contribution in [0.1, 0.15) is 51.3 Å². The normalized spacial score (nSPS) is 12.9. The van der Waals surface area contributed by atoms with E-state index in [1.165, 1.54) is 12.1 Å². The van der Waals surface area contributed by atoms with Crippen LogP contribution in [0.25, 0.3) is 5.69 Å². The minimum Gasteiger partial charge on any atom is -0.342 e. The average molecular weight is 435 g/mol. The maximum atomic E-state index is 13.3. The van der Waals surface area contributed by atoms with Gasteiger partial charge in [0.15, 0.2) is 5.69 Å². The molecule has 1 aliphatic carbocycles. The molecule has 2 amide bonds. The van der Waals surface area contributed by atoms with E-state index in [9.17, 15) is 14.0 Å². The van der Waals surface area contributed by atoms with Crippen LogP contribution in [0.4, 0.5) is 10.1 Å². The van der Waals surface area contributed by atoms with Gasteiger partial charge in [-0.2, -0.15) is 5.10 Å². The Morgan fingerprint density at radius 3 is 2.38 bits per heavy atom. The Hall–Kier alpha value is -3.48. The molecular weight excluding hydrogens is 407 g/mol. The number of nitrogens with zero attached hydrogens (tertiary/aromatic N) is 2. The van der Waals surface area contributed by atoms with Gasteiger partial charge in [-0.05, 0) is 81.8 Å². The molecule has 6 nitrogen and oxygen atoms in total. The molecule has 0 fully saturated rings. The highest BCUT2D eigenvalue weighted by atomic mass is 19.1. The number of fused-ring (bicyclic) bond motifs is 1. The van der Waals surface area contributed by atoms with Crippen LogP contribution in [0.5, 0.6) is 0 Å². The van der Waals surface area contributed by atoms with E-state index in [0.29, 0.717) is 11.4 Å². The molecule has 7 heteroatoms. The van der Waals surface area contributed by atoms with E-state index in [1.54, 1.807) is 16.8 Å². The molecule has 0 saturated heterocycles. The summed E-state index contributed by atoms with van der Waals surface area (Å²) in [4.78, 5) is 25.4. The maximum absolute atomic E-state index is 13.3. The topological polar surface area (TPSA) is 76.0 Å². The first-order valence-electron chi connectivity index (χ1n) is 10.9. The Morgan fingerprint density at radius 2 is 1.69 bits per heavy atom. The number of aryl methyl sites for hydroxylation is 3. The quantitative estimate of drug-likeness (QED) is 0.632. The summed E-state index contributed by atoms with van der Waals surface area (Å²) in [6.07, 6.45) is 3.56. The van der Waals surface area contributed by atoms with Crippen molar-refractivity contribution in [3.63, 3.8) is 0 Å². The smallest absolute Gasteiger partial charge is 0.272 e. The second-order valence-electron chi connectivity index (χ2n) is 8.37. The minimum atomic E-state index is -0.378. The first-order valence-corrected chi connectivity index (χ1v) is 10.9. The van der Waals surface area contributed by atoms with E-state index in [1.807, 2.05) is 32.9 Å². The van der Waals surface area contributed by atoms with Crippen LogP contribution in [0.2, 0.25) is 0 Å². The molecule has 32 heavy (non-hydrogen) atoms. The van der Waals surface area contributed by atoms with Crippen molar-refractivity contribution in [2.24, 2.45) is 0 Å². The fourth-order valence-corrected chi connectivity index (χ4v) is 4.38. The number of halogens is 1. The van der Waals surface area contributed by atoms with Crippen molar-refractivity contribution in [1.29, 1.82) is 0 Å². The summed E-state index contributed by atoms with van der Waals surface area (Å²) in [6, 6.07) is 10.1. The van der Waals surface area contributed by atoms with Gasteiger partial charge in [0.25, 0.3) is 5.91 Å². The van der Waals surface area contributed by atoms with Gasteiger partial charge in [0.2, 0.25) is 5.91 Å². The van der Waals surface area contributed by atoms with Gasteiger partial charge in [0, 0.05) is 16.9 Å². The Kier molecular flexibility index (Phi) is 6.08. The molecular formula is C25H27FN4O2. The van der Waals surface area contributed by atoms with Crippen molar-refractivity contribution < 1.29 is 14.0 Å². The molecule has 1 aliphatic rings. The molecule has 0 radical (unpaired) electrons. The number of rotatable bonds is 5. The lowest BCUT2D eigenvalue weighted by atomic mass is 9.95. The van der Waals surface area contributed by atoms with E-state index < -0.39 is 0 Å². The standard InChI is InChI=1S/C25H27FN4O2/c1-15-12-16(2)23(17(3)13-15)28-22(31)14-27-25(32)24-20-6-4-5-7-21(20)30(29-24)19-10-8-18(26)9-11-19/h8-13H,4-7,14H2,1-3H3,(H,27,32)(H,28,31). The predicted molar refractivity (Wildman–Crippen MR) is 122 cm³/mol. The first kappa shape index (κ1) is 21.7. The van der Waals surface area contributed by atoms with Gasteiger partial charge in [0.05, 0.1) is 12.2 Å². The highest BCUT2D eigenvalue weighted by Crippen LogP contribution is 2.27. The maximum Gasteiger partial charge on any atom is 0.272 e. The third-order valence-electron chi connectivity index (χ3n) is 5.82. The van der Waals surface area contributed by atoms with E-state index in [0.717, 1.165) is 59.3 Å². The van der Waals surface area contributed by atoms with Gasteiger partial charge < -0.3 is 10.6 Å². The predicted octanol–water partition coefficient (Wildman–Crippen LogP) is 4.18. The summed E-state index contributed by atoms with van der Waals surface area (Å²) in [7, 11) is 0. The summed E-state index contributed by atoms with van der Waals surface area (Å²) < 4.78 is 15.1. The molecule has 0 bridgehead atoms. The largest absolute Gasteiger partial charge is 0.342 e. The summed E-state index contributed by atoms with van der Waals surface area (Å²) in [5.41, 5.74) is 6.79. The second kappa shape index (κ2) is 8.94. The van der Waals surface area contributed by atoms with Gasteiger partial charge >= 0.3 is 0 Å². The molecule has 4 rings (SSSR count). The number of aromatic nitrogens is 2. The van der Waals surface area contributed by atoms with Crippen molar-refractivity contribution in [2.45, 2.75) is 46.5 Å². The Morgan fingerprint density at radius 1 is 1.03 bits per heavy atom. The Balaban J connectivity index is 1.50. The SMILES string of the molecule is Cc1cc(C)c(NC(=O)CNC(=O)c2nn(-c3ccc(F)cc3)c3c2CCCC3)c(C)c1. The number of hydrogen-bond acceptors (Lipinski definition) is 3. The number of carbonyl (C=O) groups excluding carboxylic acids is 2. The minimum absolute atomic E-state index is 0.149. The Labute approximate surface area is 186 Å². The van der Waals surface area contributed by atoms with Gasteiger partial charge in [-0.15, -0.1) is 0 Å². The number of carbonyl (C=O) groups is 2. The number of hydrogen-bond donors (Lipinski definition) is 2. The van der Waals surface area contributed by atoms with Crippen molar-refractivity contribution in [1.82, 2.24) is 15.1 Å². The molecule has 0 saturated carbocycles. The molecule has 2 N–H and O–H groups in total. The third-order valence-corrected chi connectivity index (χ3v) is 5.82. The lowest BCUT2D eigenvalue weighted by Crippen LogP contribution is -2.34. The van der Waals surface area contributed by atoms with Gasteiger partial charge in [-0.3, -0.25) is 9.59 Å². The molecule has 2 aromatic carbocycles. The molecule has 1 heterocycles. The molecule has 0 aliphatic heterocycles. The molecule has 166 valence electrons. The van der Waals surface area contributed by atoms with E-state index in [2.05, 4.69) is 15.7 Å². The monoisotopic (exact) mass is 434 g/mol. The number of amides is 2. The average Bonchev–Trinajstić information content (AvgIpc) is 3.15. The summed E-state index contributed by atoms with van der Waals surface area (Å²) in [5, 5.41) is 10.1. The number of nitrogens with one attached hydrogen (secondary N) is 2. The van der Waals surface area contributed by atoms with Crippen LogP contribution >= 0.6 is 0 Å². The molecule has 0 unspecified atom stereocenters. The Bertz CT molecular complexity index is 1160. The molecule has 0 spiro atoms. The van der Waals surface area contributed by atoms with Crippen LogP contribution in [0, 0.1) is 26.6 Å². The third kappa shape index (κ3) is 4.42. The van der Waals surface area contributed by atoms with Crippen LogP contribution < -0.4 is 10.6 Å². The summed E-state index contributed by atoms with van der Waals surface area (Å²) in [5.74, 6) is -0.991. The number of anilines is 1. The lowest BCUT2D eigenvalue weighted by molar-refractivity contribution is -0.115. The van der Waals surface area contributed by atoms with Crippen molar-refractivity contribution >= 4 is 17.5 Å². The van der Waals surface area contributed by atoms with Crippen LogP contribution in [0.15, 0.2) is 36.4 Å². The van der Waals surface area contributed by atoms with Gasteiger partial charge in [-0.1, -0.05) is 17.7 Å². The zero-order valence-corrected chi connectivity index (χ0v) is 18.6. The summed E-state index contributed by atoms with van der Waals surface area (Å²) in [6.45, 7) is 5.76. The molecule has 1 aromatic heterocycles. The van der Waals surface area contributed by atoms with Crippen LogP contribution in [-0.2, 0) is 17.6 Å². The second-order valence-corrected chi connectivity index (χ2v) is 8.37.